The van der Waals surface area contributed by atoms with Crippen LogP contribution in [0.1, 0.15) is 80.8 Å². The number of nitrogens with one attached hydrogen (secondary N) is 1. The third-order valence-electron chi connectivity index (χ3n) is 8.11. The lowest BCUT2D eigenvalue weighted by atomic mass is 10.0. The molecular formula is C30H39N7O4. The van der Waals surface area contributed by atoms with Gasteiger partial charge in [-0.3, -0.25) is 14.2 Å². The number of aryl methyl sites for hydroxylation is 1. The number of ether oxygens (including phenoxy) is 1. The summed E-state index contributed by atoms with van der Waals surface area (Å²) in [5.74, 6) is 0.676. The maximum absolute atomic E-state index is 13.4. The van der Waals surface area contributed by atoms with Crippen molar-refractivity contribution in [1.82, 2.24) is 24.4 Å². The van der Waals surface area contributed by atoms with Crippen molar-refractivity contribution in [3.63, 3.8) is 0 Å². The number of carbonyl (C=O) groups excluding carboxylic acids is 2. The van der Waals surface area contributed by atoms with Crippen LogP contribution in [0.3, 0.4) is 0 Å². The van der Waals surface area contributed by atoms with E-state index in [0.29, 0.717) is 61.1 Å². The van der Waals surface area contributed by atoms with Gasteiger partial charge in [0.15, 0.2) is 5.78 Å². The summed E-state index contributed by atoms with van der Waals surface area (Å²) in [5, 5.41) is 3.88. The molecule has 4 heterocycles. The molecule has 41 heavy (non-hydrogen) atoms. The number of rotatable bonds is 9. The number of carbonyl (C=O) groups is 2. The predicted octanol–water partition coefficient (Wildman–Crippen LogP) is 5.01. The Hall–Kier alpha value is -4.02. The first-order chi connectivity index (χ1) is 19.9. The molecule has 2 aliphatic rings. The van der Waals surface area contributed by atoms with E-state index in [9.17, 15) is 14.4 Å². The number of aromatic nitrogens is 4. The first-order valence-electron chi connectivity index (χ1n) is 14.7. The normalized spacial score (nSPS) is 15.9. The van der Waals surface area contributed by atoms with Crippen molar-refractivity contribution in [2.75, 3.05) is 43.0 Å². The third-order valence-corrected chi connectivity index (χ3v) is 8.11. The van der Waals surface area contributed by atoms with Gasteiger partial charge >= 0.3 is 6.09 Å². The van der Waals surface area contributed by atoms with Gasteiger partial charge in [-0.25, -0.2) is 14.8 Å². The average Bonchev–Trinajstić information content (AvgIpc) is 3.50. The molecule has 218 valence electrons. The highest BCUT2D eigenvalue weighted by Gasteiger charge is 2.26. The second-order valence-corrected chi connectivity index (χ2v) is 10.9. The van der Waals surface area contributed by atoms with Gasteiger partial charge in [0.05, 0.1) is 24.1 Å². The van der Waals surface area contributed by atoms with Gasteiger partial charge in [-0.1, -0.05) is 32.6 Å². The van der Waals surface area contributed by atoms with E-state index in [0.717, 1.165) is 50.6 Å². The SMILES string of the molecule is CCCCCOC(=O)N1CCN(c2ccc(Nc3ncc4c(C)c(C(C)=O)c(=O)n(C5CCCC5)c4n3)nc2)CC1. The minimum absolute atomic E-state index is 0.0206. The molecule has 3 aromatic rings. The Balaban J connectivity index is 1.28. The lowest BCUT2D eigenvalue weighted by Gasteiger charge is -2.35. The second-order valence-electron chi connectivity index (χ2n) is 10.9. The predicted molar refractivity (Wildman–Crippen MR) is 158 cm³/mol. The molecule has 1 aliphatic heterocycles. The largest absolute Gasteiger partial charge is 0.449 e. The smallest absolute Gasteiger partial charge is 0.409 e. The van der Waals surface area contributed by atoms with Crippen molar-refractivity contribution in [1.29, 1.82) is 0 Å². The monoisotopic (exact) mass is 561 g/mol. The molecule has 0 aromatic carbocycles. The Labute approximate surface area is 239 Å². The first-order valence-corrected chi connectivity index (χ1v) is 14.7. The number of hydrogen-bond acceptors (Lipinski definition) is 9. The molecule has 3 aromatic heterocycles. The highest BCUT2D eigenvalue weighted by molar-refractivity contribution is 5.99. The highest BCUT2D eigenvalue weighted by Crippen LogP contribution is 2.32. The van der Waals surface area contributed by atoms with Gasteiger partial charge in [0.2, 0.25) is 5.95 Å². The number of unbranched alkanes of at least 4 members (excludes halogenated alkanes) is 2. The molecule has 1 amide bonds. The zero-order valence-electron chi connectivity index (χ0n) is 24.2. The van der Waals surface area contributed by atoms with Crippen molar-refractivity contribution in [3.05, 3.63) is 46.0 Å². The molecule has 5 rings (SSSR count). The number of piperazine rings is 1. The molecule has 0 atom stereocenters. The summed E-state index contributed by atoms with van der Waals surface area (Å²) < 4.78 is 7.10. The van der Waals surface area contributed by atoms with Gasteiger partial charge in [0.25, 0.3) is 5.56 Å². The van der Waals surface area contributed by atoms with E-state index in [1.54, 1.807) is 28.8 Å². The van der Waals surface area contributed by atoms with Gasteiger partial charge < -0.3 is 19.9 Å². The van der Waals surface area contributed by atoms with Crippen LogP contribution in [-0.2, 0) is 4.74 Å². The van der Waals surface area contributed by atoms with Crippen molar-refractivity contribution in [3.8, 4) is 0 Å². The Morgan fingerprint density at radius 1 is 1.05 bits per heavy atom. The van der Waals surface area contributed by atoms with Crippen LogP contribution in [0.5, 0.6) is 0 Å². The number of hydrogen-bond donors (Lipinski definition) is 1. The van der Waals surface area contributed by atoms with Gasteiger partial charge in [-0.05, 0) is 50.8 Å². The number of amides is 1. The molecule has 1 saturated heterocycles. The van der Waals surface area contributed by atoms with E-state index in [1.165, 1.54) is 6.92 Å². The molecule has 11 heteroatoms. The Kier molecular flexibility index (Phi) is 8.80. The molecule has 0 unspecified atom stereocenters. The average molecular weight is 562 g/mol. The number of nitrogens with zero attached hydrogens (tertiary/aromatic N) is 6. The maximum atomic E-state index is 13.4. The van der Waals surface area contributed by atoms with Crippen molar-refractivity contribution in [2.24, 2.45) is 0 Å². The van der Waals surface area contributed by atoms with Crippen molar-refractivity contribution >= 4 is 40.4 Å². The Morgan fingerprint density at radius 2 is 1.80 bits per heavy atom. The minimum atomic E-state index is -0.272. The van der Waals surface area contributed by atoms with Gasteiger partial charge in [-0.2, -0.15) is 4.98 Å². The zero-order chi connectivity index (χ0) is 28.9. The summed E-state index contributed by atoms with van der Waals surface area (Å²) in [5.41, 5.74) is 2.07. The summed E-state index contributed by atoms with van der Waals surface area (Å²) in [4.78, 5) is 55.8. The fraction of sp³-hybridized carbons (Fsp3) is 0.533. The van der Waals surface area contributed by atoms with E-state index < -0.39 is 0 Å². The van der Waals surface area contributed by atoms with E-state index in [1.807, 2.05) is 12.1 Å². The lowest BCUT2D eigenvalue weighted by molar-refractivity contribution is 0.0983. The number of ketones is 1. The number of fused-ring (bicyclic) bond motifs is 1. The minimum Gasteiger partial charge on any atom is -0.449 e. The van der Waals surface area contributed by atoms with Gasteiger partial charge in [-0.15, -0.1) is 0 Å². The summed E-state index contributed by atoms with van der Waals surface area (Å²) in [7, 11) is 0. The number of anilines is 3. The van der Waals surface area contributed by atoms with E-state index >= 15 is 0 Å². The Morgan fingerprint density at radius 3 is 2.46 bits per heavy atom. The third kappa shape index (κ3) is 6.18. The van der Waals surface area contributed by atoms with Crippen LogP contribution in [0, 0.1) is 6.92 Å². The van der Waals surface area contributed by atoms with E-state index in [-0.39, 0.29) is 29.0 Å². The van der Waals surface area contributed by atoms with Crippen LogP contribution in [0.2, 0.25) is 0 Å². The van der Waals surface area contributed by atoms with Crippen molar-refractivity contribution < 1.29 is 14.3 Å². The van der Waals surface area contributed by atoms with Crippen LogP contribution in [-0.4, -0.2) is 69.1 Å². The second kappa shape index (κ2) is 12.7. The fourth-order valence-electron chi connectivity index (χ4n) is 5.82. The molecule has 0 radical (unpaired) electrons. The van der Waals surface area contributed by atoms with E-state index in [2.05, 4.69) is 27.1 Å². The van der Waals surface area contributed by atoms with Crippen LogP contribution >= 0.6 is 0 Å². The number of pyridine rings is 2. The summed E-state index contributed by atoms with van der Waals surface area (Å²) in [6.07, 6.45) is 10.2. The molecular weight excluding hydrogens is 522 g/mol. The quantitative estimate of drug-likeness (QED) is 0.284. The van der Waals surface area contributed by atoms with Crippen LogP contribution in [0.25, 0.3) is 11.0 Å². The zero-order valence-corrected chi connectivity index (χ0v) is 24.2. The molecule has 1 saturated carbocycles. The fourth-order valence-corrected chi connectivity index (χ4v) is 5.82. The highest BCUT2D eigenvalue weighted by atomic mass is 16.6. The van der Waals surface area contributed by atoms with Crippen LogP contribution in [0.15, 0.2) is 29.3 Å². The summed E-state index contributed by atoms with van der Waals surface area (Å²) in [6.45, 7) is 8.43. The standard InChI is InChI=1S/C30H39N7O4/c1-4-5-8-17-41-30(40)36-15-13-35(14-16-36)23-11-12-25(31-18-23)33-29-32-19-24-20(2)26(21(3)38)28(39)37(27(24)34-29)22-9-6-7-10-22/h11-12,18-19,22H,4-10,13-17H2,1-3H3,(H,31,32,33,34). The van der Waals surface area contributed by atoms with E-state index in [4.69, 9.17) is 9.72 Å². The molecule has 0 bridgehead atoms. The molecule has 1 aliphatic carbocycles. The summed E-state index contributed by atoms with van der Waals surface area (Å²) >= 11 is 0. The van der Waals surface area contributed by atoms with Gasteiger partial charge in [0.1, 0.15) is 11.5 Å². The lowest BCUT2D eigenvalue weighted by Crippen LogP contribution is -2.49. The van der Waals surface area contributed by atoms with Crippen LogP contribution in [0.4, 0.5) is 22.2 Å². The molecule has 1 N–H and O–H groups in total. The van der Waals surface area contributed by atoms with Crippen molar-refractivity contribution in [2.45, 2.75) is 71.8 Å². The molecule has 0 spiro atoms. The molecule has 2 fully saturated rings. The topological polar surface area (TPSA) is 123 Å². The van der Waals surface area contributed by atoms with Gasteiger partial charge in [0, 0.05) is 43.8 Å². The first kappa shape index (κ1) is 28.5. The number of Topliss-reactive ketones (excluding diaryl/α,β-unsaturated/α-hetero) is 1. The van der Waals surface area contributed by atoms with Crippen LogP contribution < -0.4 is 15.8 Å². The molecule has 11 nitrogen and oxygen atoms in total. The Bertz CT molecular complexity index is 1460. The summed E-state index contributed by atoms with van der Waals surface area (Å²) in [6, 6.07) is 3.87. The maximum Gasteiger partial charge on any atom is 0.409 e.